The van der Waals surface area contributed by atoms with Crippen LogP contribution in [0, 0.1) is 12.7 Å². The molecule has 0 saturated carbocycles. The third kappa shape index (κ3) is 3.40. The van der Waals surface area contributed by atoms with Crippen LogP contribution in [0.25, 0.3) is 0 Å². The lowest BCUT2D eigenvalue weighted by atomic mass is 10.1. The molecule has 2 aromatic rings. The number of rotatable bonds is 3. The number of nitrogens with zero attached hydrogens (tertiary/aromatic N) is 1. The summed E-state index contributed by atoms with van der Waals surface area (Å²) in [5, 5.41) is 6.63. The van der Waals surface area contributed by atoms with Gasteiger partial charge < -0.3 is 10.6 Å². The average Bonchev–Trinajstić information content (AvgIpc) is 2.96. The van der Waals surface area contributed by atoms with Gasteiger partial charge in [-0.2, -0.15) is 0 Å². The first-order valence-corrected chi connectivity index (χ1v) is 7.06. The van der Waals surface area contributed by atoms with Gasteiger partial charge in [0.15, 0.2) is 5.96 Å². The molecule has 0 aromatic heterocycles. The van der Waals surface area contributed by atoms with Gasteiger partial charge in [0.25, 0.3) is 0 Å². The molecule has 0 saturated heterocycles. The van der Waals surface area contributed by atoms with Gasteiger partial charge in [-0.15, -0.1) is 0 Å². The smallest absolute Gasteiger partial charge is 0.192 e. The van der Waals surface area contributed by atoms with Crippen LogP contribution >= 0.6 is 0 Å². The minimum atomic E-state index is -0.213. The number of hydrogen-bond donors (Lipinski definition) is 2. The Kier molecular flexibility index (Phi) is 3.86. The topological polar surface area (TPSA) is 36.4 Å². The quantitative estimate of drug-likeness (QED) is 0.908. The van der Waals surface area contributed by atoms with Crippen molar-refractivity contribution in [2.45, 2.75) is 19.5 Å². The van der Waals surface area contributed by atoms with Gasteiger partial charge >= 0.3 is 0 Å². The summed E-state index contributed by atoms with van der Waals surface area (Å²) >= 11 is 0. The van der Waals surface area contributed by atoms with Gasteiger partial charge in [0.1, 0.15) is 5.82 Å². The van der Waals surface area contributed by atoms with Crippen molar-refractivity contribution in [1.82, 2.24) is 10.6 Å². The molecule has 0 spiro atoms. The second-order valence-electron chi connectivity index (χ2n) is 5.28. The number of aryl methyl sites for hydroxylation is 1. The van der Waals surface area contributed by atoms with Crippen LogP contribution in [0.1, 0.15) is 22.7 Å². The van der Waals surface area contributed by atoms with Crippen molar-refractivity contribution < 1.29 is 4.39 Å². The van der Waals surface area contributed by atoms with E-state index in [1.165, 1.54) is 23.3 Å². The summed E-state index contributed by atoms with van der Waals surface area (Å²) in [6.45, 7) is 3.45. The fourth-order valence-electron chi connectivity index (χ4n) is 2.41. The zero-order valence-electron chi connectivity index (χ0n) is 11.9. The zero-order valence-corrected chi connectivity index (χ0v) is 11.9. The Morgan fingerprint density at radius 1 is 1.24 bits per heavy atom. The number of aliphatic imine (C=N–C) groups is 1. The molecule has 0 bridgehead atoms. The normalized spacial score (nSPS) is 17.2. The highest BCUT2D eigenvalue weighted by Gasteiger charge is 2.18. The Hall–Kier alpha value is -2.36. The molecule has 21 heavy (non-hydrogen) atoms. The minimum Gasteiger partial charge on any atom is -0.352 e. The lowest BCUT2D eigenvalue weighted by Gasteiger charge is -2.13. The van der Waals surface area contributed by atoms with E-state index in [1.54, 1.807) is 12.1 Å². The molecule has 0 amide bonds. The maximum atomic E-state index is 12.8. The zero-order chi connectivity index (χ0) is 14.7. The Balaban J connectivity index is 1.56. The van der Waals surface area contributed by atoms with E-state index in [-0.39, 0.29) is 11.9 Å². The van der Waals surface area contributed by atoms with Gasteiger partial charge in [0, 0.05) is 6.54 Å². The molecule has 2 aromatic carbocycles. The Morgan fingerprint density at radius 3 is 2.81 bits per heavy atom. The van der Waals surface area contributed by atoms with Gasteiger partial charge in [0.05, 0.1) is 12.6 Å². The summed E-state index contributed by atoms with van der Waals surface area (Å²) < 4.78 is 12.8. The molecule has 3 rings (SSSR count). The third-order valence-corrected chi connectivity index (χ3v) is 3.56. The van der Waals surface area contributed by atoms with Gasteiger partial charge in [0.2, 0.25) is 0 Å². The van der Waals surface area contributed by atoms with E-state index in [1.807, 2.05) is 0 Å². The molecule has 2 N–H and O–H groups in total. The maximum Gasteiger partial charge on any atom is 0.192 e. The maximum absolute atomic E-state index is 12.8. The molecule has 1 aliphatic rings. The number of nitrogens with one attached hydrogen (secondary N) is 2. The highest BCUT2D eigenvalue weighted by Crippen LogP contribution is 2.17. The van der Waals surface area contributed by atoms with E-state index in [4.69, 9.17) is 0 Å². The Morgan fingerprint density at radius 2 is 2.05 bits per heavy atom. The predicted molar refractivity (Wildman–Crippen MR) is 82.6 cm³/mol. The molecule has 3 nitrogen and oxygen atoms in total. The second-order valence-corrected chi connectivity index (χ2v) is 5.28. The van der Waals surface area contributed by atoms with Crippen molar-refractivity contribution in [3.8, 4) is 0 Å². The van der Waals surface area contributed by atoms with E-state index in [2.05, 4.69) is 46.8 Å². The van der Waals surface area contributed by atoms with Crippen LogP contribution in [0.15, 0.2) is 53.5 Å². The van der Waals surface area contributed by atoms with Crippen LogP contribution in [0.4, 0.5) is 4.39 Å². The molecular formula is C17H18FN3. The fraction of sp³-hybridized carbons (Fsp3) is 0.235. The third-order valence-electron chi connectivity index (χ3n) is 3.56. The molecular weight excluding hydrogens is 265 g/mol. The largest absolute Gasteiger partial charge is 0.352 e. The van der Waals surface area contributed by atoms with E-state index in [0.29, 0.717) is 6.54 Å². The molecule has 1 atom stereocenters. The summed E-state index contributed by atoms with van der Waals surface area (Å²) in [6, 6.07) is 15.2. The highest BCUT2D eigenvalue weighted by molar-refractivity contribution is 5.82. The SMILES string of the molecule is Cc1cccc([C@H]2CN=C(NCc3ccc(F)cc3)N2)c1. The molecule has 4 heteroatoms. The van der Waals surface area contributed by atoms with Crippen molar-refractivity contribution in [2.75, 3.05) is 6.54 Å². The van der Waals surface area contributed by atoms with Crippen LogP contribution in [-0.4, -0.2) is 12.5 Å². The molecule has 0 fully saturated rings. The standard InChI is InChI=1S/C17H18FN3/c1-12-3-2-4-14(9-12)16-11-20-17(21-16)19-10-13-5-7-15(18)8-6-13/h2-9,16H,10-11H2,1H3,(H2,19,20,21)/t16-/m1/s1. The van der Waals surface area contributed by atoms with Crippen LogP contribution in [0.5, 0.6) is 0 Å². The van der Waals surface area contributed by atoms with Crippen molar-refractivity contribution in [3.05, 3.63) is 71.0 Å². The predicted octanol–water partition coefficient (Wildman–Crippen LogP) is 2.92. The summed E-state index contributed by atoms with van der Waals surface area (Å²) in [5.74, 6) is 0.584. The highest BCUT2D eigenvalue weighted by atomic mass is 19.1. The first-order chi connectivity index (χ1) is 10.2. The van der Waals surface area contributed by atoms with Crippen LogP contribution < -0.4 is 10.6 Å². The van der Waals surface area contributed by atoms with Gasteiger partial charge in [-0.05, 0) is 30.2 Å². The van der Waals surface area contributed by atoms with E-state index in [9.17, 15) is 4.39 Å². The fourth-order valence-corrected chi connectivity index (χ4v) is 2.41. The summed E-state index contributed by atoms with van der Waals surface area (Å²) in [5.41, 5.74) is 3.53. The summed E-state index contributed by atoms with van der Waals surface area (Å²) in [6.07, 6.45) is 0. The molecule has 1 aliphatic heterocycles. The molecule has 0 unspecified atom stereocenters. The molecule has 1 heterocycles. The van der Waals surface area contributed by atoms with Crippen molar-refractivity contribution >= 4 is 5.96 Å². The average molecular weight is 283 g/mol. The minimum absolute atomic E-state index is 0.213. The first-order valence-electron chi connectivity index (χ1n) is 7.06. The van der Waals surface area contributed by atoms with E-state index >= 15 is 0 Å². The Labute approximate surface area is 123 Å². The molecule has 0 radical (unpaired) electrons. The van der Waals surface area contributed by atoms with Crippen molar-refractivity contribution in [1.29, 1.82) is 0 Å². The summed E-state index contributed by atoms with van der Waals surface area (Å²) in [4.78, 5) is 4.48. The van der Waals surface area contributed by atoms with Crippen LogP contribution in [0.2, 0.25) is 0 Å². The van der Waals surface area contributed by atoms with Crippen LogP contribution in [-0.2, 0) is 6.54 Å². The van der Waals surface area contributed by atoms with Crippen molar-refractivity contribution in [2.24, 2.45) is 4.99 Å². The van der Waals surface area contributed by atoms with Crippen molar-refractivity contribution in [3.63, 3.8) is 0 Å². The molecule has 0 aliphatic carbocycles. The lowest BCUT2D eigenvalue weighted by Crippen LogP contribution is -2.34. The number of benzene rings is 2. The van der Waals surface area contributed by atoms with Gasteiger partial charge in [-0.3, -0.25) is 4.99 Å². The number of hydrogen-bond acceptors (Lipinski definition) is 3. The second kappa shape index (κ2) is 5.95. The Bertz CT molecular complexity index is 649. The lowest BCUT2D eigenvalue weighted by molar-refractivity contribution is 0.626. The van der Waals surface area contributed by atoms with E-state index in [0.717, 1.165) is 18.1 Å². The van der Waals surface area contributed by atoms with E-state index < -0.39 is 0 Å². The first kappa shape index (κ1) is 13.6. The van der Waals surface area contributed by atoms with Crippen LogP contribution in [0.3, 0.4) is 0 Å². The van der Waals surface area contributed by atoms with Gasteiger partial charge in [-0.1, -0.05) is 42.0 Å². The monoisotopic (exact) mass is 283 g/mol. The van der Waals surface area contributed by atoms with Gasteiger partial charge in [-0.25, -0.2) is 4.39 Å². The molecule has 108 valence electrons. The summed E-state index contributed by atoms with van der Waals surface area (Å²) in [7, 11) is 0. The number of guanidine groups is 1. The number of halogens is 1.